The SMILES string of the molecule is CC(=O)Nc1nc(COc2ccccc2-c2cc3cc(C)c(=O)[nH]c3o2)cs1. The summed E-state index contributed by atoms with van der Waals surface area (Å²) in [4.78, 5) is 30.0. The second kappa shape index (κ2) is 7.32. The Bertz CT molecular complexity index is 1220. The molecule has 0 unspecified atom stereocenters. The molecule has 0 bridgehead atoms. The van der Waals surface area contributed by atoms with E-state index in [4.69, 9.17) is 9.15 Å². The van der Waals surface area contributed by atoms with E-state index in [0.29, 0.717) is 33.6 Å². The van der Waals surface area contributed by atoms with Crippen LogP contribution in [0.25, 0.3) is 22.4 Å². The first-order valence-electron chi connectivity index (χ1n) is 8.57. The van der Waals surface area contributed by atoms with Crippen LogP contribution in [-0.4, -0.2) is 15.9 Å². The van der Waals surface area contributed by atoms with Gasteiger partial charge in [-0.05, 0) is 31.2 Å². The van der Waals surface area contributed by atoms with E-state index in [-0.39, 0.29) is 18.1 Å². The van der Waals surface area contributed by atoms with Gasteiger partial charge in [0.2, 0.25) is 11.6 Å². The van der Waals surface area contributed by atoms with Crippen LogP contribution in [-0.2, 0) is 11.4 Å². The number of furan rings is 1. The Kier molecular flexibility index (Phi) is 4.70. The van der Waals surface area contributed by atoms with Crippen LogP contribution in [0.2, 0.25) is 0 Å². The van der Waals surface area contributed by atoms with Crippen molar-refractivity contribution in [3.63, 3.8) is 0 Å². The number of aromatic nitrogens is 2. The third kappa shape index (κ3) is 3.67. The van der Waals surface area contributed by atoms with Crippen molar-refractivity contribution in [3.8, 4) is 17.1 Å². The number of fused-ring (bicyclic) bond motifs is 1. The van der Waals surface area contributed by atoms with Crippen molar-refractivity contribution < 1.29 is 13.9 Å². The minimum atomic E-state index is -0.170. The Morgan fingerprint density at radius 1 is 1.32 bits per heavy atom. The Hall–Kier alpha value is -3.39. The molecule has 142 valence electrons. The number of hydrogen-bond donors (Lipinski definition) is 2. The van der Waals surface area contributed by atoms with Crippen LogP contribution < -0.4 is 15.6 Å². The maximum atomic E-state index is 11.8. The molecule has 2 N–H and O–H groups in total. The van der Waals surface area contributed by atoms with Crippen molar-refractivity contribution >= 4 is 33.5 Å². The van der Waals surface area contributed by atoms with Gasteiger partial charge in [0.15, 0.2) is 5.13 Å². The number of hydrogen-bond acceptors (Lipinski definition) is 6. The summed E-state index contributed by atoms with van der Waals surface area (Å²) in [6.45, 7) is 3.45. The number of aryl methyl sites for hydroxylation is 1. The Morgan fingerprint density at radius 3 is 2.96 bits per heavy atom. The molecule has 1 amide bonds. The first-order chi connectivity index (χ1) is 13.5. The number of benzene rings is 1. The Labute approximate surface area is 164 Å². The molecule has 28 heavy (non-hydrogen) atoms. The summed E-state index contributed by atoms with van der Waals surface area (Å²) in [5, 5.41) is 5.85. The topological polar surface area (TPSA) is 97.2 Å². The molecule has 8 heteroatoms. The third-order valence-corrected chi connectivity index (χ3v) is 4.89. The zero-order chi connectivity index (χ0) is 19.7. The van der Waals surface area contributed by atoms with Crippen LogP contribution in [0, 0.1) is 6.92 Å². The van der Waals surface area contributed by atoms with E-state index < -0.39 is 0 Å². The van der Waals surface area contributed by atoms with Crippen LogP contribution in [0.5, 0.6) is 5.75 Å². The quantitative estimate of drug-likeness (QED) is 0.530. The van der Waals surface area contributed by atoms with Gasteiger partial charge in [-0.25, -0.2) is 4.98 Å². The predicted molar refractivity (Wildman–Crippen MR) is 108 cm³/mol. The smallest absolute Gasteiger partial charge is 0.253 e. The van der Waals surface area contributed by atoms with E-state index in [0.717, 1.165) is 10.9 Å². The minimum Gasteiger partial charge on any atom is -0.486 e. The number of nitrogens with zero attached hydrogens (tertiary/aromatic N) is 1. The number of rotatable bonds is 5. The summed E-state index contributed by atoms with van der Waals surface area (Å²) in [6, 6.07) is 11.2. The zero-order valence-corrected chi connectivity index (χ0v) is 16.1. The summed E-state index contributed by atoms with van der Waals surface area (Å²) < 4.78 is 11.8. The molecule has 0 aliphatic rings. The summed E-state index contributed by atoms with van der Waals surface area (Å²) in [5.74, 6) is 1.07. The maximum Gasteiger partial charge on any atom is 0.253 e. The number of anilines is 1. The first kappa shape index (κ1) is 18.0. The first-order valence-corrected chi connectivity index (χ1v) is 9.45. The van der Waals surface area contributed by atoms with Gasteiger partial charge in [-0.3, -0.25) is 14.6 Å². The lowest BCUT2D eigenvalue weighted by Crippen LogP contribution is -2.07. The number of ether oxygens (including phenoxy) is 1. The highest BCUT2D eigenvalue weighted by Crippen LogP contribution is 2.34. The van der Waals surface area contributed by atoms with Crippen LogP contribution in [0.1, 0.15) is 18.2 Å². The van der Waals surface area contributed by atoms with Crippen LogP contribution in [0.4, 0.5) is 5.13 Å². The predicted octanol–water partition coefficient (Wildman–Crippen LogP) is 4.09. The molecule has 0 aliphatic carbocycles. The molecule has 0 aliphatic heterocycles. The maximum absolute atomic E-state index is 11.8. The third-order valence-electron chi connectivity index (χ3n) is 4.08. The van der Waals surface area contributed by atoms with Gasteiger partial charge in [0.25, 0.3) is 5.56 Å². The highest BCUT2D eigenvalue weighted by molar-refractivity contribution is 7.13. The molecule has 4 aromatic rings. The average molecular weight is 395 g/mol. The molecule has 0 saturated carbocycles. The number of carbonyl (C=O) groups is 1. The monoisotopic (exact) mass is 395 g/mol. The van der Waals surface area contributed by atoms with Gasteiger partial charge < -0.3 is 14.5 Å². The molecular weight excluding hydrogens is 378 g/mol. The summed E-state index contributed by atoms with van der Waals surface area (Å²) in [5.41, 5.74) is 2.38. The van der Waals surface area contributed by atoms with Gasteiger partial charge in [0.05, 0.1) is 11.3 Å². The van der Waals surface area contributed by atoms with Crippen LogP contribution in [0.15, 0.2) is 51.0 Å². The zero-order valence-electron chi connectivity index (χ0n) is 15.2. The van der Waals surface area contributed by atoms with Gasteiger partial charge in [-0.1, -0.05) is 12.1 Å². The summed E-state index contributed by atoms with van der Waals surface area (Å²) in [6.07, 6.45) is 0. The molecule has 3 heterocycles. The van der Waals surface area contributed by atoms with Gasteiger partial charge in [-0.2, -0.15) is 0 Å². The molecule has 0 atom stereocenters. The second-order valence-corrected chi connectivity index (χ2v) is 7.14. The number of H-pyrrole nitrogens is 1. The molecule has 1 aromatic carbocycles. The van der Waals surface area contributed by atoms with E-state index in [1.54, 1.807) is 13.0 Å². The highest BCUT2D eigenvalue weighted by atomic mass is 32.1. The number of para-hydroxylation sites is 1. The normalized spacial score (nSPS) is 10.9. The van der Waals surface area contributed by atoms with Gasteiger partial charge in [0.1, 0.15) is 18.1 Å². The van der Waals surface area contributed by atoms with Gasteiger partial charge in [-0.15, -0.1) is 11.3 Å². The number of amides is 1. The number of nitrogens with one attached hydrogen (secondary N) is 2. The van der Waals surface area contributed by atoms with Crippen molar-refractivity contribution in [1.29, 1.82) is 0 Å². The van der Waals surface area contributed by atoms with Crippen molar-refractivity contribution in [1.82, 2.24) is 9.97 Å². The molecule has 4 rings (SSSR count). The molecule has 0 spiro atoms. The summed E-state index contributed by atoms with van der Waals surface area (Å²) in [7, 11) is 0. The Morgan fingerprint density at radius 2 is 2.14 bits per heavy atom. The van der Waals surface area contributed by atoms with Gasteiger partial charge in [0, 0.05) is 23.3 Å². The minimum absolute atomic E-state index is 0.162. The molecule has 0 radical (unpaired) electrons. The lowest BCUT2D eigenvalue weighted by atomic mass is 10.1. The fourth-order valence-electron chi connectivity index (χ4n) is 2.77. The van der Waals surface area contributed by atoms with Gasteiger partial charge >= 0.3 is 0 Å². The lowest BCUT2D eigenvalue weighted by molar-refractivity contribution is -0.114. The second-order valence-electron chi connectivity index (χ2n) is 6.29. The van der Waals surface area contributed by atoms with Crippen molar-refractivity contribution in [2.45, 2.75) is 20.5 Å². The van der Waals surface area contributed by atoms with E-state index in [2.05, 4.69) is 15.3 Å². The lowest BCUT2D eigenvalue weighted by Gasteiger charge is -2.08. The number of aromatic amines is 1. The van der Waals surface area contributed by atoms with Crippen molar-refractivity contribution in [2.75, 3.05) is 5.32 Å². The molecule has 0 saturated heterocycles. The number of pyridine rings is 1. The van der Waals surface area contributed by atoms with Crippen LogP contribution >= 0.6 is 11.3 Å². The molecular formula is C20H17N3O4S. The fourth-order valence-corrected chi connectivity index (χ4v) is 3.51. The highest BCUT2D eigenvalue weighted by Gasteiger charge is 2.13. The van der Waals surface area contributed by atoms with E-state index in [9.17, 15) is 9.59 Å². The summed E-state index contributed by atoms with van der Waals surface area (Å²) >= 11 is 1.34. The molecule has 7 nitrogen and oxygen atoms in total. The number of thiazole rings is 1. The molecule has 3 aromatic heterocycles. The van der Waals surface area contributed by atoms with E-state index >= 15 is 0 Å². The largest absolute Gasteiger partial charge is 0.486 e. The van der Waals surface area contributed by atoms with E-state index in [1.165, 1.54) is 18.3 Å². The number of carbonyl (C=O) groups excluding carboxylic acids is 1. The van der Waals surface area contributed by atoms with Crippen molar-refractivity contribution in [2.24, 2.45) is 0 Å². The van der Waals surface area contributed by atoms with Crippen molar-refractivity contribution in [3.05, 3.63) is 63.4 Å². The molecule has 0 fully saturated rings. The standard InChI is InChI=1S/C20H17N3O4S/c1-11-7-13-8-17(27-19(13)23-18(11)25)15-5-3-4-6-16(15)26-9-14-10-28-20(22-14)21-12(2)24/h3-8,10H,9H2,1-2H3,(H,23,25)(H,21,22,24). The van der Waals surface area contributed by atoms with Crippen LogP contribution in [0.3, 0.4) is 0 Å². The average Bonchev–Trinajstić information content (AvgIpc) is 3.27. The Balaban J connectivity index is 1.59. The fraction of sp³-hybridized carbons (Fsp3) is 0.150. The van der Waals surface area contributed by atoms with E-state index in [1.807, 2.05) is 35.7 Å².